The van der Waals surface area contributed by atoms with Gasteiger partial charge in [-0.15, -0.1) is 0 Å². The molecule has 1 heterocycles. The van der Waals surface area contributed by atoms with E-state index in [9.17, 15) is 15.2 Å². The summed E-state index contributed by atoms with van der Waals surface area (Å²) in [6.07, 6.45) is 1.78. The normalized spacial score (nSPS) is 12.4. The largest absolute Gasteiger partial charge is 0.508 e. The summed E-state index contributed by atoms with van der Waals surface area (Å²) in [5.41, 5.74) is 2.32. The van der Waals surface area contributed by atoms with Crippen molar-refractivity contribution in [2.24, 2.45) is 0 Å². The Bertz CT molecular complexity index is 795. The molecule has 0 aliphatic rings. The third kappa shape index (κ3) is 2.45. The van der Waals surface area contributed by atoms with E-state index in [2.05, 4.69) is 4.98 Å². The number of H-pyrrole nitrogens is 1. The topological polar surface area (TPSA) is 79.2 Å². The quantitative estimate of drug-likeness (QED) is 0.569. The minimum absolute atomic E-state index is 0.0784. The van der Waals surface area contributed by atoms with E-state index in [1.165, 1.54) is 0 Å². The molecule has 0 saturated carbocycles. The van der Waals surface area contributed by atoms with Crippen LogP contribution in [0, 0.1) is 10.1 Å². The highest BCUT2D eigenvalue weighted by Crippen LogP contribution is 2.35. The van der Waals surface area contributed by atoms with E-state index in [0.717, 1.165) is 16.5 Å². The first-order valence-corrected chi connectivity index (χ1v) is 6.62. The van der Waals surface area contributed by atoms with Crippen molar-refractivity contribution in [2.45, 2.75) is 5.92 Å². The van der Waals surface area contributed by atoms with Crippen LogP contribution in [0.3, 0.4) is 0 Å². The molecule has 0 aliphatic heterocycles. The van der Waals surface area contributed by atoms with Crippen LogP contribution in [0.15, 0.2) is 54.7 Å². The number of para-hydroxylation sites is 2. The minimum Gasteiger partial charge on any atom is -0.508 e. The fourth-order valence-corrected chi connectivity index (χ4v) is 2.68. The number of phenols is 1. The van der Waals surface area contributed by atoms with Gasteiger partial charge in [0.05, 0.1) is 5.92 Å². The highest BCUT2D eigenvalue weighted by molar-refractivity contribution is 5.84. The molecule has 2 N–H and O–H groups in total. The van der Waals surface area contributed by atoms with Gasteiger partial charge in [-0.05, 0) is 17.7 Å². The molecule has 0 bridgehead atoms. The number of hydrogen-bond donors (Lipinski definition) is 2. The lowest BCUT2D eigenvalue weighted by Crippen LogP contribution is -2.13. The summed E-state index contributed by atoms with van der Waals surface area (Å²) in [6, 6.07) is 14.4. The number of nitrogens with one attached hydrogen (secondary N) is 1. The Hall–Kier alpha value is -2.82. The van der Waals surface area contributed by atoms with Gasteiger partial charge in [0, 0.05) is 27.6 Å². The number of aromatic nitrogens is 1. The number of hydrogen-bond acceptors (Lipinski definition) is 3. The third-order valence-electron chi connectivity index (χ3n) is 3.64. The number of nitro groups is 1. The summed E-state index contributed by atoms with van der Waals surface area (Å²) in [4.78, 5) is 13.8. The van der Waals surface area contributed by atoms with Crippen molar-refractivity contribution in [1.82, 2.24) is 4.98 Å². The van der Waals surface area contributed by atoms with Crippen LogP contribution < -0.4 is 0 Å². The number of rotatable bonds is 4. The molecular formula is C16H14N2O3. The SMILES string of the molecule is O=[N+]([O-])CC(c1ccccc1O)c1c[nH]c2ccccc12. The third-order valence-corrected chi connectivity index (χ3v) is 3.64. The molecule has 0 saturated heterocycles. The van der Waals surface area contributed by atoms with Gasteiger partial charge in [0.15, 0.2) is 0 Å². The van der Waals surface area contributed by atoms with E-state index >= 15 is 0 Å². The summed E-state index contributed by atoms with van der Waals surface area (Å²) in [5.74, 6) is -0.410. The van der Waals surface area contributed by atoms with E-state index in [1.807, 2.05) is 24.3 Å². The van der Waals surface area contributed by atoms with E-state index in [1.54, 1.807) is 30.5 Å². The summed E-state index contributed by atoms with van der Waals surface area (Å²) < 4.78 is 0. The van der Waals surface area contributed by atoms with Gasteiger partial charge in [-0.2, -0.15) is 0 Å². The number of aromatic hydroxyl groups is 1. The number of nitrogens with zero attached hydrogens (tertiary/aromatic N) is 1. The van der Waals surface area contributed by atoms with Gasteiger partial charge in [-0.1, -0.05) is 36.4 Å². The van der Waals surface area contributed by atoms with Gasteiger partial charge < -0.3 is 10.1 Å². The van der Waals surface area contributed by atoms with Crippen molar-refractivity contribution in [3.8, 4) is 5.75 Å². The summed E-state index contributed by atoms with van der Waals surface area (Å²) in [7, 11) is 0. The second kappa shape index (κ2) is 5.28. The second-order valence-corrected chi connectivity index (χ2v) is 4.92. The Kier molecular flexibility index (Phi) is 3.31. The van der Waals surface area contributed by atoms with Crippen LogP contribution >= 0.6 is 0 Å². The Morgan fingerprint density at radius 1 is 1.10 bits per heavy atom. The summed E-state index contributed by atoms with van der Waals surface area (Å²) in [5, 5.41) is 22.0. The summed E-state index contributed by atoms with van der Waals surface area (Å²) >= 11 is 0. The highest BCUT2D eigenvalue weighted by atomic mass is 16.6. The zero-order valence-electron chi connectivity index (χ0n) is 11.2. The predicted octanol–water partition coefficient (Wildman–Crippen LogP) is 3.28. The molecule has 0 spiro atoms. The molecular weight excluding hydrogens is 268 g/mol. The first kappa shape index (κ1) is 13.2. The molecule has 1 atom stereocenters. The van der Waals surface area contributed by atoms with Gasteiger partial charge in [0.1, 0.15) is 5.75 Å². The molecule has 5 heteroatoms. The van der Waals surface area contributed by atoms with E-state index < -0.39 is 5.92 Å². The Morgan fingerprint density at radius 3 is 2.57 bits per heavy atom. The molecule has 106 valence electrons. The number of aromatic amines is 1. The van der Waals surface area contributed by atoms with Crippen LogP contribution in [-0.2, 0) is 0 Å². The minimum atomic E-state index is -0.489. The van der Waals surface area contributed by atoms with Crippen LogP contribution in [0.25, 0.3) is 10.9 Å². The number of benzene rings is 2. The van der Waals surface area contributed by atoms with Gasteiger partial charge in [0.25, 0.3) is 0 Å². The fraction of sp³-hybridized carbons (Fsp3) is 0.125. The Morgan fingerprint density at radius 2 is 1.81 bits per heavy atom. The van der Waals surface area contributed by atoms with E-state index in [-0.39, 0.29) is 17.2 Å². The van der Waals surface area contributed by atoms with Crippen molar-refractivity contribution in [2.75, 3.05) is 6.54 Å². The van der Waals surface area contributed by atoms with E-state index in [0.29, 0.717) is 5.56 Å². The zero-order chi connectivity index (χ0) is 14.8. The van der Waals surface area contributed by atoms with Gasteiger partial charge >= 0.3 is 0 Å². The van der Waals surface area contributed by atoms with Crippen molar-refractivity contribution >= 4 is 10.9 Å². The molecule has 0 fully saturated rings. The molecule has 21 heavy (non-hydrogen) atoms. The maximum Gasteiger partial charge on any atom is 0.214 e. The second-order valence-electron chi connectivity index (χ2n) is 4.92. The smallest absolute Gasteiger partial charge is 0.214 e. The Balaban J connectivity index is 2.16. The first-order valence-electron chi connectivity index (χ1n) is 6.62. The van der Waals surface area contributed by atoms with Crippen molar-refractivity contribution in [3.05, 3.63) is 76.0 Å². The fourth-order valence-electron chi connectivity index (χ4n) is 2.68. The molecule has 1 unspecified atom stereocenters. The molecule has 0 radical (unpaired) electrons. The van der Waals surface area contributed by atoms with Crippen molar-refractivity contribution < 1.29 is 10.0 Å². The number of phenolic OH excluding ortho intramolecular Hbond substituents is 1. The molecule has 3 aromatic rings. The molecule has 3 rings (SSSR count). The van der Waals surface area contributed by atoms with Crippen LogP contribution in [0.5, 0.6) is 5.75 Å². The Labute approximate surface area is 121 Å². The molecule has 2 aromatic carbocycles. The van der Waals surface area contributed by atoms with Gasteiger partial charge in [-0.3, -0.25) is 10.1 Å². The molecule has 1 aromatic heterocycles. The number of fused-ring (bicyclic) bond motifs is 1. The zero-order valence-corrected chi connectivity index (χ0v) is 11.2. The van der Waals surface area contributed by atoms with E-state index in [4.69, 9.17) is 0 Å². The standard InChI is InChI=1S/C16H14N2O3/c19-16-8-4-2-6-12(16)14(10-18(20)21)13-9-17-15-7-3-1-5-11(13)15/h1-9,14,17,19H,10H2. The van der Waals surface area contributed by atoms with Crippen molar-refractivity contribution in [3.63, 3.8) is 0 Å². The monoisotopic (exact) mass is 282 g/mol. The highest BCUT2D eigenvalue weighted by Gasteiger charge is 2.25. The lowest BCUT2D eigenvalue weighted by Gasteiger charge is -2.14. The lowest BCUT2D eigenvalue weighted by atomic mass is 9.90. The average molecular weight is 282 g/mol. The molecule has 5 nitrogen and oxygen atoms in total. The predicted molar refractivity (Wildman–Crippen MR) is 80.1 cm³/mol. The van der Waals surface area contributed by atoms with Gasteiger partial charge in [0.2, 0.25) is 6.54 Å². The maximum atomic E-state index is 11.0. The average Bonchev–Trinajstić information content (AvgIpc) is 2.89. The van der Waals surface area contributed by atoms with Crippen molar-refractivity contribution in [1.29, 1.82) is 0 Å². The lowest BCUT2D eigenvalue weighted by molar-refractivity contribution is -0.481. The van der Waals surface area contributed by atoms with Crippen LogP contribution in [0.1, 0.15) is 17.0 Å². The molecule has 0 aliphatic carbocycles. The molecule has 0 amide bonds. The maximum absolute atomic E-state index is 11.0. The van der Waals surface area contributed by atoms with Gasteiger partial charge in [-0.25, -0.2) is 0 Å². The first-order chi connectivity index (χ1) is 10.2. The van der Waals surface area contributed by atoms with Crippen LogP contribution in [0.4, 0.5) is 0 Å². The summed E-state index contributed by atoms with van der Waals surface area (Å²) in [6.45, 7) is -0.264. The van der Waals surface area contributed by atoms with Crippen LogP contribution in [-0.4, -0.2) is 21.6 Å². The van der Waals surface area contributed by atoms with Crippen LogP contribution in [0.2, 0.25) is 0 Å².